The molecule has 0 saturated carbocycles. The molecule has 1 saturated heterocycles. The normalized spacial score (nSPS) is 17.0. The third-order valence-electron chi connectivity index (χ3n) is 6.19. The second kappa shape index (κ2) is 11.4. The van der Waals surface area contributed by atoms with E-state index >= 15 is 4.39 Å². The van der Waals surface area contributed by atoms with Crippen LogP contribution >= 0.6 is 11.6 Å². The van der Waals surface area contributed by atoms with Crippen LogP contribution in [0.1, 0.15) is 13.3 Å². The van der Waals surface area contributed by atoms with Crippen LogP contribution in [-0.4, -0.2) is 56.0 Å². The number of carbonyl (C=O) groups is 3. The molecule has 1 aliphatic rings. The van der Waals surface area contributed by atoms with Crippen molar-refractivity contribution in [3.05, 3.63) is 77.6 Å². The molecule has 1 heterocycles. The van der Waals surface area contributed by atoms with Gasteiger partial charge in [-0.3, -0.25) is 9.59 Å². The van der Waals surface area contributed by atoms with Crippen LogP contribution in [-0.2, 0) is 19.4 Å². The van der Waals surface area contributed by atoms with E-state index in [0.29, 0.717) is 21.8 Å². The van der Waals surface area contributed by atoms with Crippen molar-refractivity contribution in [3.8, 4) is 11.1 Å². The Morgan fingerprint density at radius 3 is 2.33 bits per heavy atom. The van der Waals surface area contributed by atoms with Crippen molar-refractivity contribution in [3.63, 3.8) is 0 Å². The lowest BCUT2D eigenvalue weighted by atomic mass is 10.0. The number of benzene rings is 3. The number of nitrogens with zero attached hydrogens (tertiary/aromatic N) is 1. The molecule has 3 aromatic carbocycles. The van der Waals surface area contributed by atoms with Gasteiger partial charge in [0.2, 0.25) is 11.8 Å². The Kier molecular flexibility index (Phi) is 8.22. The Balaban J connectivity index is 1.55. The monoisotopic (exact) mass is 572 g/mol. The van der Waals surface area contributed by atoms with Crippen molar-refractivity contribution in [2.24, 2.45) is 0 Å². The fraction of sp³-hybridized carbons (Fsp3) is 0.222. The number of carbonyl (C=O) groups excluding carboxylic acids is 3. The number of nitrogens with one attached hydrogen (secondary N) is 3. The summed E-state index contributed by atoms with van der Waals surface area (Å²) in [6, 6.07) is 14.6. The van der Waals surface area contributed by atoms with Gasteiger partial charge in [-0.15, -0.1) is 0 Å². The van der Waals surface area contributed by atoms with E-state index in [9.17, 15) is 22.8 Å². The molecule has 12 heteroatoms. The van der Waals surface area contributed by atoms with Gasteiger partial charge in [-0.2, -0.15) is 0 Å². The molecule has 0 aliphatic carbocycles. The smallest absolute Gasteiger partial charge is 0.322 e. The summed E-state index contributed by atoms with van der Waals surface area (Å²) in [7, 11) is -3.56. The van der Waals surface area contributed by atoms with E-state index in [4.69, 9.17) is 11.6 Å². The Bertz CT molecular complexity index is 1530. The lowest BCUT2D eigenvalue weighted by molar-refractivity contribution is -0.120. The molecule has 4 rings (SSSR count). The maximum Gasteiger partial charge on any atom is 0.322 e. The summed E-state index contributed by atoms with van der Waals surface area (Å²) in [5.74, 6) is -1.73. The van der Waals surface area contributed by atoms with Crippen molar-refractivity contribution < 1.29 is 27.2 Å². The average molecular weight is 573 g/mol. The number of sulfone groups is 1. The molecule has 4 amide bonds. The molecule has 0 radical (unpaired) electrons. The van der Waals surface area contributed by atoms with Gasteiger partial charge in [0.1, 0.15) is 11.9 Å². The molecule has 0 spiro atoms. The number of urea groups is 1. The van der Waals surface area contributed by atoms with Gasteiger partial charge in [0, 0.05) is 42.0 Å². The number of rotatable bonds is 6. The van der Waals surface area contributed by atoms with Gasteiger partial charge in [0.05, 0.1) is 10.6 Å². The first-order valence-corrected chi connectivity index (χ1v) is 14.2. The third-order valence-corrected chi connectivity index (χ3v) is 7.60. The van der Waals surface area contributed by atoms with Crippen molar-refractivity contribution in [1.82, 2.24) is 10.2 Å². The summed E-state index contributed by atoms with van der Waals surface area (Å²) in [5.41, 5.74) is 0.974. The minimum Gasteiger partial charge on any atom is -0.352 e. The Labute approximate surface area is 230 Å². The average Bonchev–Trinajstić information content (AvgIpc) is 3.29. The molecule has 0 aromatic heterocycles. The maximum atomic E-state index is 15.1. The van der Waals surface area contributed by atoms with E-state index < -0.39 is 39.7 Å². The molecule has 1 fully saturated rings. The van der Waals surface area contributed by atoms with E-state index in [1.165, 1.54) is 30.0 Å². The third kappa shape index (κ3) is 6.73. The summed E-state index contributed by atoms with van der Waals surface area (Å²) < 4.78 is 39.4. The second-order valence-corrected chi connectivity index (χ2v) is 11.6. The van der Waals surface area contributed by atoms with Crippen LogP contribution in [0.2, 0.25) is 5.02 Å². The fourth-order valence-corrected chi connectivity index (χ4v) is 5.50. The zero-order chi connectivity index (χ0) is 28.3. The quantitative estimate of drug-likeness (QED) is 0.406. The number of hydrogen-bond acceptors (Lipinski definition) is 5. The van der Waals surface area contributed by atoms with Crippen LogP contribution in [0.4, 0.5) is 20.6 Å². The molecule has 0 bridgehead atoms. The highest BCUT2D eigenvalue weighted by Crippen LogP contribution is 2.30. The zero-order valence-electron chi connectivity index (χ0n) is 21.1. The minimum atomic E-state index is -3.56. The highest BCUT2D eigenvalue weighted by atomic mass is 35.5. The van der Waals surface area contributed by atoms with Crippen LogP contribution in [0.15, 0.2) is 71.6 Å². The first-order chi connectivity index (χ1) is 18.4. The summed E-state index contributed by atoms with van der Waals surface area (Å²) in [6.45, 7) is 1.41. The van der Waals surface area contributed by atoms with Crippen molar-refractivity contribution in [1.29, 1.82) is 0 Å². The van der Waals surface area contributed by atoms with Gasteiger partial charge in [0.15, 0.2) is 9.84 Å². The predicted molar refractivity (Wildman–Crippen MR) is 147 cm³/mol. The van der Waals surface area contributed by atoms with Gasteiger partial charge < -0.3 is 20.9 Å². The molecular weight excluding hydrogens is 547 g/mol. The van der Waals surface area contributed by atoms with Gasteiger partial charge in [-0.25, -0.2) is 17.6 Å². The lowest BCUT2D eigenvalue weighted by Gasteiger charge is -2.24. The van der Waals surface area contributed by atoms with Crippen molar-refractivity contribution in [2.45, 2.75) is 30.3 Å². The summed E-state index contributed by atoms with van der Waals surface area (Å²) >= 11 is 5.90. The molecule has 1 aliphatic heterocycles. The number of halogens is 2. The number of anilines is 2. The van der Waals surface area contributed by atoms with Crippen molar-refractivity contribution >= 4 is 50.7 Å². The van der Waals surface area contributed by atoms with Gasteiger partial charge in [-0.05, 0) is 54.4 Å². The molecule has 2 unspecified atom stereocenters. The van der Waals surface area contributed by atoms with E-state index in [1.807, 2.05) is 0 Å². The molecule has 9 nitrogen and oxygen atoms in total. The Morgan fingerprint density at radius 2 is 1.69 bits per heavy atom. The fourth-order valence-electron chi connectivity index (χ4n) is 4.46. The maximum absolute atomic E-state index is 15.1. The van der Waals surface area contributed by atoms with Crippen LogP contribution in [0.5, 0.6) is 0 Å². The van der Waals surface area contributed by atoms with Crippen molar-refractivity contribution in [2.75, 3.05) is 23.4 Å². The molecule has 3 N–H and O–H groups in total. The van der Waals surface area contributed by atoms with Gasteiger partial charge in [-0.1, -0.05) is 35.9 Å². The SMILES string of the molecule is CC(=O)NC1CC(C(=O)Nc2ccc(-c3ccccc3S(C)(=O)=O)cc2F)N(C(=O)Nc2ccc(Cl)cc2)C1. The highest BCUT2D eigenvalue weighted by molar-refractivity contribution is 7.90. The standard InChI is InChI=1S/C27H26ClFN4O5S/c1-16(34)30-20-14-24(33(15-20)27(36)31-19-10-8-18(28)9-11-19)26(35)32-23-12-7-17(13-22(23)29)21-5-3-4-6-25(21)39(2,37)38/h3-13,20,24H,14-15H2,1-2H3,(H,30,34)(H,31,36)(H,32,35). The molecular formula is C27H26ClFN4O5S. The van der Waals surface area contributed by atoms with E-state index in [2.05, 4.69) is 16.0 Å². The van der Waals surface area contributed by atoms with Gasteiger partial charge >= 0.3 is 6.03 Å². The highest BCUT2D eigenvalue weighted by Gasteiger charge is 2.40. The minimum absolute atomic E-state index is 0.0542. The van der Waals surface area contributed by atoms with E-state index in [1.54, 1.807) is 42.5 Å². The van der Waals surface area contributed by atoms with Crippen LogP contribution in [0.25, 0.3) is 11.1 Å². The van der Waals surface area contributed by atoms with Crippen LogP contribution < -0.4 is 16.0 Å². The first-order valence-electron chi connectivity index (χ1n) is 11.9. The summed E-state index contributed by atoms with van der Waals surface area (Å²) in [4.78, 5) is 39.2. The Morgan fingerprint density at radius 1 is 1.00 bits per heavy atom. The molecule has 39 heavy (non-hydrogen) atoms. The topological polar surface area (TPSA) is 125 Å². The Hall–Kier alpha value is -3.96. The largest absolute Gasteiger partial charge is 0.352 e. The van der Waals surface area contributed by atoms with E-state index in [0.717, 1.165) is 12.3 Å². The molecule has 204 valence electrons. The van der Waals surface area contributed by atoms with E-state index in [-0.39, 0.29) is 29.5 Å². The van der Waals surface area contributed by atoms with Gasteiger partial charge in [0.25, 0.3) is 0 Å². The second-order valence-electron chi connectivity index (χ2n) is 9.19. The first kappa shape index (κ1) is 28.1. The summed E-state index contributed by atoms with van der Waals surface area (Å²) in [5, 5.41) is 8.43. The predicted octanol–water partition coefficient (Wildman–Crippen LogP) is 4.30. The zero-order valence-corrected chi connectivity index (χ0v) is 22.6. The van der Waals surface area contributed by atoms with Crippen LogP contribution in [0, 0.1) is 5.82 Å². The number of likely N-dealkylation sites (tertiary alicyclic amines) is 1. The number of amides is 4. The number of hydrogen-bond donors (Lipinski definition) is 3. The molecule has 2 atom stereocenters. The molecule has 3 aromatic rings. The lowest BCUT2D eigenvalue weighted by Crippen LogP contribution is -2.45. The van der Waals surface area contributed by atoms with Crippen LogP contribution in [0.3, 0.4) is 0 Å². The summed E-state index contributed by atoms with van der Waals surface area (Å²) in [6.07, 6.45) is 1.20.